The number of halogens is 2. The Balaban J connectivity index is 1.59. The van der Waals surface area contributed by atoms with Crippen molar-refractivity contribution in [2.24, 2.45) is 0 Å². The summed E-state index contributed by atoms with van der Waals surface area (Å²) < 4.78 is 27.3. The molecule has 0 radical (unpaired) electrons. The van der Waals surface area contributed by atoms with Gasteiger partial charge in [-0.3, -0.25) is 0 Å². The average Bonchev–Trinajstić information content (AvgIpc) is 2.65. The van der Waals surface area contributed by atoms with Crippen LogP contribution >= 0.6 is 0 Å². The Morgan fingerprint density at radius 2 is 1.60 bits per heavy atom. The highest BCUT2D eigenvalue weighted by atomic mass is 19.1. The van der Waals surface area contributed by atoms with Crippen molar-refractivity contribution < 1.29 is 13.6 Å². The van der Waals surface area contributed by atoms with Gasteiger partial charge >= 0.3 is 6.03 Å². The minimum Gasteiger partial charge on any atom is -0.368 e. The van der Waals surface area contributed by atoms with Gasteiger partial charge in [0.1, 0.15) is 17.3 Å². The molecule has 25 heavy (non-hydrogen) atoms. The molecule has 0 saturated carbocycles. The third-order valence-corrected chi connectivity index (χ3v) is 4.47. The summed E-state index contributed by atoms with van der Waals surface area (Å²) in [5, 5.41) is 2.34. The van der Waals surface area contributed by atoms with Crippen molar-refractivity contribution in [3.63, 3.8) is 0 Å². The van der Waals surface area contributed by atoms with Crippen LogP contribution in [-0.4, -0.2) is 37.1 Å². The molecule has 1 heterocycles. The predicted molar refractivity (Wildman–Crippen MR) is 95.0 cm³/mol. The van der Waals surface area contributed by atoms with Gasteiger partial charge in [-0.05, 0) is 36.2 Å². The molecule has 0 bridgehead atoms. The number of amides is 2. The lowest BCUT2D eigenvalue weighted by Gasteiger charge is -2.36. The SMILES string of the molecule is CCc1ccc(N2CCN(C(=O)Nc3c(F)cccc3F)CC2)cc1. The summed E-state index contributed by atoms with van der Waals surface area (Å²) in [6.45, 7) is 4.47. The largest absolute Gasteiger partial charge is 0.368 e. The zero-order valence-electron chi connectivity index (χ0n) is 14.1. The Hall–Kier alpha value is -2.63. The van der Waals surface area contributed by atoms with Gasteiger partial charge in [0, 0.05) is 31.9 Å². The number of benzene rings is 2. The number of nitrogens with one attached hydrogen (secondary N) is 1. The van der Waals surface area contributed by atoms with Crippen molar-refractivity contribution in [1.29, 1.82) is 0 Å². The number of hydrogen-bond acceptors (Lipinski definition) is 2. The molecule has 1 aliphatic heterocycles. The van der Waals surface area contributed by atoms with E-state index in [1.165, 1.54) is 11.6 Å². The fraction of sp³-hybridized carbons (Fsp3) is 0.316. The molecular formula is C19H21F2N3O. The Labute approximate surface area is 146 Å². The number of para-hydroxylation sites is 1. The lowest BCUT2D eigenvalue weighted by atomic mass is 10.1. The van der Waals surface area contributed by atoms with Crippen LogP contribution < -0.4 is 10.2 Å². The second-order valence-corrected chi connectivity index (χ2v) is 6.02. The highest BCUT2D eigenvalue weighted by Gasteiger charge is 2.23. The second-order valence-electron chi connectivity index (χ2n) is 6.02. The number of anilines is 2. The van der Waals surface area contributed by atoms with E-state index in [1.807, 2.05) is 0 Å². The van der Waals surface area contributed by atoms with E-state index >= 15 is 0 Å². The highest BCUT2D eigenvalue weighted by molar-refractivity contribution is 5.89. The van der Waals surface area contributed by atoms with E-state index in [0.29, 0.717) is 26.2 Å². The van der Waals surface area contributed by atoms with Crippen molar-refractivity contribution in [3.05, 3.63) is 59.7 Å². The Bertz CT molecular complexity index is 721. The number of rotatable bonds is 3. The molecule has 0 atom stereocenters. The topological polar surface area (TPSA) is 35.6 Å². The van der Waals surface area contributed by atoms with Gasteiger partial charge in [0.25, 0.3) is 0 Å². The van der Waals surface area contributed by atoms with Crippen molar-refractivity contribution in [2.75, 3.05) is 36.4 Å². The number of aryl methyl sites for hydroxylation is 1. The molecule has 3 rings (SSSR count). The summed E-state index contributed by atoms with van der Waals surface area (Å²) in [6, 6.07) is 11.4. The summed E-state index contributed by atoms with van der Waals surface area (Å²) >= 11 is 0. The lowest BCUT2D eigenvalue weighted by Crippen LogP contribution is -2.50. The number of nitrogens with zero attached hydrogens (tertiary/aromatic N) is 2. The van der Waals surface area contributed by atoms with E-state index in [9.17, 15) is 13.6 Å². The van der Waals surface area contributed by atoms with E-state index < -0.39 is 23.4 Å². The molecule has 0 spiro atoms. The quantitative estimate of drug-likeness (QED) is 0.916. The zero-order valence-corrected chi connectivity index (χ0v) is 14.1. The summed E-state index contributed by atoms with van der Waals surface area (Å²) in [6.07, 6.45) is 1.00. The minimum atomic E-state index is -0.775. The van der Waals surface area contributed by atoms with Crippen LogP contribution in [0, 0.1) is 11.6 Å². The zero-order chi connectivity index (χ0) is 17.8. The van der Waals surface area contributed by atoms with Gasteiger partial charge in [-0.1, -0.05) is 25.1 Å². The number of piperazine rings is 1. The Morgan fingerprint density at radius 3 is 2.16 bits per heavy atom. The smallest absolute Gasteiger partial charge is 0.322 e. The van der Waals surface area contributed by atoms with E-state index in [4.69, 9.17) is 0 Å². The number of hydrogen-bond donors (Lipinski definition) is 1. The van der Waals surface area contributed by atoms with Crippen LogP contribution in [0.2, 0.25) is 0 Å². The monoisotopic (exact) mass is 345 g/mol. The summed E-state index contributed by atoms with van der Waals surface area (Å²) in [4.78, 5) is 16.0. The predicted octanol–water partition coefficient (Wildman–Crippen LogP) is 3.88. The average molecular weight is 345 g/mol. The molecule has 2 amide bonds. The van der Waals surface area contributed by atoms with Gasteiger partial charge in [-0.25, -0.2) is 13.6 Å². The first-order valence-electron chi connectivity index (χ1n) is 8.42. The summed E-state index contributed by atoms with van der Waals surface area (Å²) in [5.41, 5.74) is 2.01. The van der Waals surface area contributed by atoms with Crippen LogP contribution in [0.4, 0.5) is 25.0 Å². The van der Waals surface area contributed by atoms with E-state index in [0.717, 1.165) is 24.2 Å². The van der Waals surface area contributed by atoms with Gasteiger partial charge in [-0.2, -0.15) is 0 Å². The van der Waals surface area contributed by atoms with E-state index in [1.54, 1.807) is 4.90 Å². The van der Waals surface area contributed by atoms with Crippen LogP contribution in [0.15, 0.2) is 42.5 Å². The van der Waals surface area contributed by atoms with Gasteiger partial charge < -0.3 is 15.1 Å². The molecule has 0 aromatic heterocycles. The standard InChI is InChI=1S/C19H21F2N3O/c1-2-14-6-8-15(9-7-14)23-10-12-24(13-11-23)19(25)22-18-16(20)4-3-5-17(18)21/h3-9H,2,10-13H2,1H3,(H,22,25). The fourth-order valence-electron chi connectivity index (χ4n) is 2.91. The Kier molecular flexibility index (Phi) is 5.16. The second kappa shape index (κ2) is 7.51. The van der Waals surface area contributed by atoms with Crippen LogP contribution in [-0.2, 0) is 6.42 Å². The van der Waals surface area contributed by atoms with Gasteiger partial charge in [0.2, 0.25) is 0 Å². The van der Waals surface area contributed by atoms with Gasteiger partial charge in [0.05, 0.1) is 0 Å². The number of carbonyl (C=O) groups is 1. The molecule has 0 aliphatic carbocycles. The van der Waals surface area contributed by atoms with Crippen LogP contribution in [0.1, 0.15) is 12.5 Å². The van der Waals surface area contributed by atoms with Gasteiger partial charge in [0.15, 0.2) is 0 Å². The first-order chi connectivity index (χ1) is 12.1. The van der Waals surface area contributed by atoms with Crippen LogP contribution in [0.25, 0.3) is 0 Å². The summed E-state index contributed by atoms with van der Waals surface area (Å²) in [5.74, 6) is -1.55. The first kappa shape index (κ1) is 17.2. The normalized spacial score (nSPS) is 14.5. The van der Waals surface area contributed by atoms with Crippen molar-refractivity contribution in [2.45, 2.75) is 13.3 Å². The van der Waals surface area contributed by atoms with Crippen molar-refractivity contribution in [3.8, 4) is 0 Å². The molecule has 132 valence electrons. The third-order valence-electron chi connectivity index (χ3n) is 4.47. The van der Waals surface area contributed by atoms with Crippen molar-refractivity contribution in [1.82, 2.24) is 4.90 Å². The molecule has 1 fully saturated rings. The lowest BCUT2D eigenvalue weighted by molar-refractivity contribution is 0.208. The van der Waals surface area contributed by atoms with E-state index in [2.05, 4.69) is 41.4 Å². The molecule has 1 saturated heterocycles. The number of carbonyl (C=O) groups excluding carboxylic acids is 1. The summed E-state index contributed by atoms with van der Waals surface area (Å²) in [7, 11) is 0. The third kappa shape index (κ3) is 3.90. The molecule has 4 nitrogen and oxygen atoms in total. The maximum Gasteiger partial charge on any atom is 0.322 e. The Morgan fingerprint density at radius 1 is 1.00 bits per heavy atom. The molecule has 6 heteroatoms. The van der Waals surface area contributed by atoms with Crippen LogP contribution in [0.5, 0.6) is 0 Å². The molecular weight excluding hydrogens is 324 g/mol. The highest BCUT2D eigenvalue weighted by Crippen LogP contribution is 2.20. The molecule has 2 aromatic rings. The van der Waals surface area contributed by atoms with Crippen LogP contribution in [0.3, 0.4) is 0 Å². The minimum absolute atomic E-state index is 0.398. The molecule has 1 N–H and O–H groups in total. The van der Waals surface area contributed by atoms with Crippen molar-refractivity contribution >= 4 is 17.4 Å². The molecule has 0 unspecified atom stereocenters. The first-order valence-corrected chi connectivity index (χ1v) is 8.42. The fourth-order valence-corrected chi connectivity index (χ4v) is 2.91. The van der Waals surface area contributed by atoms with Gasteiger partial charge in [-0.15, -0.1) is 0 Å². The maximum atomic E-state index is 13.6. The molecule has 2 aromatic carbocycles. The number of urea groups is 1. The maximum absolute atomic E-state index is 13.6. The van der Waals surface area contributed by atoms with E-state index in [-0.39, 0.29) is 0 Å². The molecule has 1 aliphatic rings.